The molecule has 0 radical (unpaired) electrons. The molecule has 3 N–H and O–H groups in total. The third-order valence-electron chi connectivity index (χ3n) is 3.04. The Kier molecular flexibility index (Phi) is 4.77. The molecule has 100 valence electrons. The van der Waals surface area contributed by atoms with Gasteiger partial charge in [0.25, 0.3) is 0 Å². The van der Waals surface area contributed by atoms with Gasteiger partial charge in [-0.15, -0.1) is 0 Å². The molecule has 2 atom stereocenters. The molecule has 1 aliphatic rings. The lowest BCUT2D eigenvalue weighted by molar-refractivity contribution is -0.0100. The summed E-state index contributed by atoms with van der Waals surface area (Å²) in [6, 6.07) is -0.205. The number of nitrogens with zero attached hydrogens (tertiary/aromatic N) is 1. The van der Waals surface area contributed by atoms with Crippen LogP contribution in [0.1, 0.15) is 33.6 Å². The fourth-order valence-electron chi connectivity index (χ4n) is 2.21. The van der Waals surface area contributed by atoms with E-state index in [9.17, 15) is 9.90 Å². The van der Waals surface area contributed by atoms with Crippen LogP contribution in [0.3, 0.4) is 0 Å². The second-order valence-electron chi connectivity index (χ2n) is 5.56. The second-order valence-corrected chi connectivity index (χ2v) is 5.56. The van der Waals surface area contributed by atoms with Crippen molar-refractivity contribution in [2.24, 2.45) is 11.7 Å². The number of carbonyl (C=O) groups is 1. The number of amides is 1. The van der Waals surface area contributed by atoms with E-state index in [4.69, 9.17) is 10.5 Å². The minimum absolute atomic E-state index is 0.0545. The molecule has 0 aromatic rings. The molecule has 0 bridgehead atoms. The number of ether oxygens (including phenoxy) is 1. The van der Waals surface area contributed by atoms with Gasteiger partial charge in [0, 0.05) is 6.54 Å². The number of aliphatic hydroxyl groups excluding tert-OH is 1. The van der Waals surface area contributed by atoms with Crippen molar-refractivity contribution < 1.29 is 14.6 Å². The Morgan fingerprint density at radius 3 is 2.65 bits per heavy atom. The Balaban J connectivity index is 2.70. The van der Waals surface area contributed by atoms with Crippen LogP contribution in [-0.2, 0) is 4.74 Å². The third-order valence-corrected chi connectivity index (χ3v) is 3.04. The second kappa shape index (κ2) is 5.69. The number of nitrogens with two attached hydrogens (primary N) is 1. The van der Waals surface area contributed by atoms with Gasteiger partial charge in [-0.3, -0.25) is 0 Å². The molecule has 2 unspecified atom stereocenters. The molecule has 1 aliphatic heterocycles. The smallest absolute Gasteiger partial charge is 0.410 e. The van der Waals surface area contributed by atoms with Gasteiger partial charge in [-0.2, -0.15) is 0 Å². The van der Waals surface area contributed by atoms with Crippen molar-refractivity contribution in [3.05, 3.63) is 0 Å². The van der Waals surface area contributed by atoms with E-state index in [1.54, 1.807) is 4.90 Å². The maximum Gasteiger partial charge on any atom is 0.410 e. The van der Waals surface area contributed by atoms with Crippen LogP contribution >= 0.6 is 0 Å². The minimum Gasteiger partial charge on any atom is -0.444 e. The van der Waals surface area contributed by atoms with Gasteiger partial charge in [-0.1, -0.05) is 0 Å². The van der Waals surface area contributed by atoms with Crippen LogP contribution < -0.4 is 5.73 Å². The molecular weight excluding hydrogens is 220 g/mol. The largest absolute Gasteiger partial charge is 0.444 e. The highest BCUT2D eigenvalue weighted by molar-refractivity contribution is 5.68. The van der Waals surface area contributed by atoms with Gasteiger partial charge < -0.3 is 20.5 Å². The molecule has 0 aliphatic carbocycles. The third kappa shape index (κ3) is 3.85. The standard InChI is InChI=1S/C12H24N2O3/c1-12(2,3)17-11(16)14-6-4-5-9(7-13)10(14)8-15/h9-10,15H,4-8,13H2,1-3H3. The van der Waals surface area contributed by atoms with E-state index in [0.717, 1.165) is 12.8 Å². The zero-order valence-electron chi connectivity index (χ0n) is 11.0. The topological polar surface area (TPSA) is 75.8 Å². The highest BCUT2D eigenvalue weighted by Gasteiger charge is 2.35. The van der Waals surface area contributed by atoms with Gasteiger partial charge in [0.05, 0.1) is 12.6 Å². The van der Waals surface area contributed by atoms with Crippen LogP contribution in [0, 0.1) is 5.92 Å². The summed E-state index contributed by atoms with van der Waals surface area (Å²) in [4.78, 5) is 13.6. The van der Waals surface area contributed by atoms with Crippen LogP contribution in [-0.4, -0.2) is 47.4 Å². The monoisotopic (exact) mass is 244 g/mol. The van der Waals surface area contributed by atoms with Crippen LogP contribution in [0.25, 0.3) is 0 Å². The van der Waals surface area contributed by atoms with Gasteiger partial charge in [0.2, 0.25) is 0 Å². The summed E-state index contributed by atoms with van der Waals surface area (Å²) < 4.78 is 5.34. The summed E-state index contributed by atoms with van der Waals surface area (Å²) in [5.74, 6) is 0.168. The fourth-order valence-corrected chi connectivity index (χ4v) is 2.21. The lowest BCUT2D eigenvalue weighted by atomic mass is 9.90. The molecule has 5 nitrogen and oxygen atoms in total. The number of aliphatic hydroxyl groups is 1. The van der Waals surface area contributed by atoms with Crippen molar-refractivity contribution in [2.45, 2.75) is 45.3 Å². The average molecular weight is 244 g/mol. The Morgan fingerprint density at radius 2 is 2.18 bits per heavy atom. The van der Waals surface area contributed by atoms with Gasteiger partial charge in [0.1, 0.15) is 5.60 Å². The molecule has 17 heavy (non-hydrogen) atoms. The van der Waals surface area contributed by atoms with E-state index in [1.807, 2.05) is 20.8 Å². The van der Waals surface area contributed by atoms with Crippen molar-refractivity contribution in [1.82, 2.24) is 4.90 Å². The molecule has 1 heterocycles. The first-order valence-electron chi connectivity index (χ1n) is 6.19. The highest BCUT2D eigenvalue weighted by Crippen LogP contribution is 2.24. The maximum atomic E-state index is 12.0. The quantitative estimate of drug-likeness (QED) is 0.758. The van der Waals surface area contributed by atoms with E-state index in [2.05, 4.69) is 0 Å². The molecule has 1 amide bonds. The number of hydrogen-bond donors (Lipinski definition) is 2. The summed E-state index contributed by atoms with van der Waals surface area (Å²) in [6.07, 6.45) is 1.52. The van der Waals surface area contributed by atoms with Gasteiger partial charge in [-0.05, 0) is 46.1 Å². The van der Waals surface area contributed by atoms with Crippen molar-refractivity contribution in [1.29, 1.82) is 0 Å². The predicted molar refractivity (Wildman–Crippen MR) is 65.6 cm³/mol. The molecule has 0 saturated carbocycles. The predicted octanol–water partition coefficient (Wildman–Crippen LogP) is 0.953. The van der Waals surface area contributed by atoms with Gasteiger partial charge >= 0.3 is 6.09 Å². The zero-order valence-corrected chi connectivity index (χ0v) is 11.0. The first kappa shape index (κ1) is 14.3. The first-order valence-corrected chi connectivity index (χ1v) is 6.19. The van der Waals surface area contributed by atoms with Gasteiger partial charge in [0.15, 0.2) is 0 Å². The summed E-state index contributed by atoms with van der Waals surface area (Å²) in [5.41, 5.74) is 5.16. The molecule has 1 saturated heterocycles. The lowest BCUT2D eigenvalue weighted by Gasteiger charge is -2.40. The number of carbonyl (C=O) groups excluding carboxylic acids is 1. The molecule has 0 aromatic carbocycles. The van der Waals surface area contributed by atoms with Crippen molar-refractivity contribution in [2.75, 3.05) is 19.7 Å². The average Bonchev–Trinajstić information content (AvgIpc) is 2.25. The fraction of sp³-hybridized carbons (Fsp3) is 0.917. The number of hydrogen-bond acceptors (Lipinski definition) is 4. The molecule has 0 aromatic heterocycles. The van der Waals surface area contributed by atoms with E-state index in [-0.39, 0.29) is 24.7 Å². The normalized spacial score (nSPS) is 25.8. The zero-order chi connectivity index (χ0) is 13.1. The summed E-state index contributed by atoms with van der Waals surface area (Å²) in [7, 11) is 0. The lowest BCUT2D eigenvalue weighted by Crippen LogP contribution is -2.53. The molecule has 0 spiro atoms. The molecule has 1 fully saturated rings. The summed E-state index contributed by atoms with van der Waals surface area (Å²) in [6.45, 7) is 6.58. The Bertz CT molecular complexity index is 263. The van der Waals surface area contributed by atoms with Crippen molar-refractivity contribution in [3.63, 3.8) is 0 Å². The Morgan fingerprint density at radius 1 is 1.53 bits per heavy atom. The SMILES string of the molecule is CC(C)(C)OC(=O)N1CCCC(CN)C1CO. The maximum absolute atomic E-state index is 12.0. The molecule has 5 heteroatoms. The van der Waals surface area contributed by atoms with E-state index >= 15 is 0 Å². The van der Waals surface area contributed by atoms with Crippen LogP contribution in [0.2, 0.25) is 0 Å². The highest BCUT2D eigenvalue weighted by atomic mass is 16.6. The minimum atomic E-state index is -0.507. The number of rotatable bonds is 2. The van der Waals surface area contributed by atoms with Crippen LogP contribution in [0.5, 0.6) is 0 Å². The summed E-state index contributed by atoms with van der Waals surface area (Å²) >= 11 is 0. The Hall–Kier alpha value is -0.810. The van der Waals surface area contributed by atoms with Crippen molar-refractivity contribution >= 4 is 6.09 Å². The van der Waals surface area contributed by atoms with E-state index in [0.29, 0.717) is 13.1 Å². The molecular formula is C12H24N2O3. The number of piperidine rings is 1. The van der Waals surface area contributed by atoms with Crippen LogP contribution in [0.4, 0.5) is 4.79 Å². The van der Waals surface area contributed by atoms with Crippen LogP contribution in [0.15, 0.2) is 0 Å². The van der Waals surface area contributed by atoms with Gasteiger partial charge in [-0.25, -0.2) is 4.79 Å². The van der Waals surface area contributed by atoms with Crippen molar-refractivity contribution in [3.8, 4) is 0 Å². The van der Waals surface area contributed by atoms with E-state index < -0.39 is 5.60 Å². The molecule has 1 rings (SSSR count). The Labute approximate surface area is 103 Å². The summed E-state index contributed by atoms with van der Waals surface area (Å²) in [5, 5.41) is 9.41. The first-order chi connectivity index (χ1) is 7.89. The van der Waals surface area contributed by atoms with E-state index in [1.165, 1.54) is 0 Å². The number of likely N-dealkylation sites (tertiary alicyclic amines) is 1.